The predicted molar refractivity (Wildman–Crippen MR) is 41.4 cm³/mol. The van der Waals surface area contributed by atoms with E-state index in [1.54, 1.807) is 0 Å². The number of azo groups is 1. The molecule has 1 N–H and O–H groups in total. The molecule has 0 aromatic heterocycles. The summed E-state index contributed by atoms with van der Waals surface area (Å²) in [6.45, 7) is 2.73. The average Bonchev–Trinajstić information content (AvgIpc) is 1.96. The molecule has 0 rings (SSSR count). The first kappa shape index (κ1) is 9.81. The lowest BCUT2D eigenvalue weighted by atomic mass is 10.3. The zero-order valence-corrected chi connectivity index (χ0v) is 6.53. The molecule has 4 heteroatoms. The molecule has 0 radical (unpaired) electrons. The van der Waals surface area contributed by atoms with Crippen LogP contribution in [0.5, 0.6) is 0 Å². The van der Waals surface area contributed by atoms with Crippen LogP contribution in [0.4, 0.5) is 0 Å². The van der Waals surface area contributed by atoms with E-state index in [9.17, 15) is 4.79 Å². The van der Waals surface area contributed by atoms with Crippen molar-refractivity contribution in [3.8, 4) is 0 Å². The van der Waals surface area contributed by atoms with Gasteiger partial charge >= 0.3 is 5.97 Å². The van der Waals surface area contributed by atoms with E-state index in [0.717, 1.165) is 18.9 Å². The van der Waals surface area contributed by atoms with E-state index in [0.29, 0.717) is 6.54 Å². The number of rotatable bonds is 5. The van der Waals surface area contributed by atoms with Gasteiger partial charge in [0, 0.05) is 6.08 Å². The lowest BCUT2D eigenvalue weighted by Gasteiger charge is -1.84. The molecule has 0 saturated carbocycles. The molecule has 0 unspecified atom stereocenters. The molecule has 0 aliphatic rings. The van der Waals surface area contributed by atoms with Crippen LogP contribution >= 0.6 is 0 Å². The molecule has 4 nitrogen and oxygen atoms in total. The Hall–Kier alpha value is -1.19. The summed E-state index contributed by atoms with van der Waals surface area (Å²) in [7, 11) is 0. The maximum Gasteiger partial charge on any atom is 0.329 e. The number of hydrogen-bond donors (Lipinski definition) is 1. The average molecular weight is 156 g/mol. The minimum Gasteiger partial charge on any atom is -0.478 e. The fourth-order valence-electron chi connectivity index (χ4n) is 0.431. The number of unbranched alkanes of at least 4 members (excludes halogenated alkanes) is 1. The van der Waals surface area contributed by atoms with Gasteiger partial charge in [-0.1, -0.05) is 13.3 Å². The van der Waals surface area contributed by atoms with E-state index < -0.39 is 5.97 Å². The van der Waals surface area contributed by atoms with Gasteiger partial charge in [0.15, 0.2) is 0 Å². The minimum absolute atomic E-state index is 0.667. The Morgan fingerprint density at radius 2 is 2.36 bits per heavy atom. The van der Waals surface area contributed by atoms with E-state index >= 15 is 0 Å². The maximum atomic E-state index is 9.90. The van der Waals surface area contributed by atoms with Crippen LogP contribution < -0.4 is 0 Å². The van der Waals surface area contributed by atoms with Crippen molar-refractivity contribution in [2.24, 2.45) is 10.2 Å². The van der Waals surface area contributed by atoms with Crippen LogP contribution in [0.3, 0.4) is 0 Å². The first-order valence-corrected chi connectivity index (χ1v) is 3.53. The Morgan fingerprint density at radius 3 is 2.91 bits per heavy atom. The smallest absolute Gasteiger partial charge is 0.329 e. The van der Waals surface area contributed by atoms with E-state index in [2.05, 4.69) is 17.2 Å². The van der Waals surface area contributed by atoms with Crippen molar-refractivity contribution in [1.29, 1.82) is 0 Å². The van der Waals surface area contributed by atoms with Crippen LogP contribution in [-0.2, 0) is 4.79 Å². The molecule has 0 fully saturated rings. The second kappa shape index (κ2) is 6.92. The van der Waals surface area contributed by atoms with E-state index in [-0.39, 0.29) is 0 Å². The second-order valence-corrected chi connectivity index (χ2v) is 1.99. The van der Waals surface area contributed by atoms with Crippen molar-refractivity contribution >= 4 is 5.97 Å². The molecule has 0 spiro atoms. The van der Waals surface area contributed by atoms with Crippen molar-refractivity contribution < 1.29 is 9.90 Å². The Kier molecular flexibility index (Phi) is 6.17. The van der Waals surface area contributed by atoms with Crippen molar-refractivity contribution in [3.63, 3.8) is 0 Å². The molecule has 62 valence electrons. The van der Waals surface area contributed by atoms with Crippen LogP contribution in [-0.4, -0.2) is 17.6 Å². The molecular formula is C7H12N2O2. The Bertz CT molecular complexity index is 164. The summed E-state index contributed by atoms with van der Waals surface area (Å²) >= 11 is 0. The van der Waals surface area contributed by atoms with Crippen LogP contribution in [0.2, 0.25) is 0 Å². The highest BCUT2D eigenvalue weighted by atomic mass is 16.4. The fourth-order valence-corrected chi connectivity index (χ4v) is 0.431. The lowest BCUT2D eigenvalue weighted by molar-refractivity contribution is -0.131. The molecule has 11 heavy (non-hydrogen) atoms. The van der Waals surface area contributed by atoms with Gasteiger partial charge < -0.3 is 5.11 Å². The molecule has 0 aromatic rings. The number of carboxylic acid groups (broad SMARTS) is 1. The normalized spacial score (nSPS) is 11.4. The largest absolute Gasteiger partial charge is 0.478 e. The fraction of sp³-hybridized carbons (Fsp3) is 0.571. The Labute approximate surface area is 65.6 Å². The van der Waals surface area contributed by atoms with Gasteiger partial charge in [0.1, 0.15) is 0 Å². The summed E-state index contributed by atoms with van der Waals surface area (Å²) in [5.41, 5.74) is 0. The molecule has 0 atom stereocenters. The van der Waals surface area contributed by atoms with Gasteiger partial charge in [0.2, 0.25) is 0 Å². The summed E-state index contributed by atoms with van der Waals surface area (Å²) in [6.07, 6.45) is 4.19. The standard InChI is InChI=1S/C7H12N2O2/c1-2-3-5-8-9-6-4-7(10)11/h4,6H,2-3,5H2,1H3,(H,10,11). The molecule has 0 aliphatic carbocycles. The van der Waals surface area contributed by atoms with Crippen molar-refractivity contribution in [2.45, 2.75) is 19.8 Å². The SMILES string of the molecule is CCCCN=NC=CC(=O)O. The highest BCUT2D eigenvalue weighted by Crippen LogP contribution is 1.88. The Balaban J connectivity index is 3.36. The zero-order chi connectivity index (χ0) is 8.53. The summed E-state index contributed by atoms with van der Waals surface area (Å²) in [4.78, 5) is 9.90. The molecular weight excluding hydrogens is 144 g/mol. The van der Waals surface area contributed by atoms with Gasteiger partial charge in [-0.05, 0) is 6.42 Å². The molecule has 0 aromatic carbocycles. The minimum atomic E-state index is -1.00. The summed E-state index contributed by atoms with van der Waals surface area (Å²) in [5, 5.41) is 15.3. The monoisotopic (exact) mass is 156 g/mol. The third-order valence-corrected chi connectivity index (χ3v) is 0.977. The highest BCUT2D eigenvalue weighted by Gasteiger charge is 1.81. The highest BCUT2D eigenvalue weighted by molar-refractivity contribution is 5.79. The first-order chi connectivity index (χ1) is 5.27. The number of carbonyl (C=O) groups is 1. The third kappa shape index (κ3) is 8.81. The van der Waals surface area contributed by atoms with Crippen LogP contribution in [0, 0.1) is 0 Å². The maximum absolute atomic E-state index is 9.90. The third-order valence-electron chi connectivity index (χ3n) is 0.977. The van der Waals surface area contributed by atoms with Gasteiger partial charge in [0.05, 0.1) is 12.7 Å². The van der Waals surface area contributed by atoms with Gasteiger partial charge in [-0.15, -0.1) is 0 Å². The second-order valence-electron chi connectivity index (χ2n) is 1.99. The van der Waals surface area contributed by atoms with Crippen molar-refractivity contribution in [2.75, 3.05) is 6.54 Å². The molecule has 0 saturated heterocycles. The molecule has 0 heterocycles. The van der Waals surface area contributed by atoms with Crippen molar-refractivity contribution in [3.05, 3.63) is 12.3 Å². The number of aliphatic carboxylic acids is 1. The summed E-state index contributed by atoms with van der Waals surface area (Å²) in [6, 6.07) is 0. The van der Waals surface area contributed by atoms with Gasteiger partial charge in [0.25, 0.3) is 0 Å². The van der Waals surface area contributed by atoms with Gasteiger partial charge in [-0.3, -0.25) is 0 Å². The molecule has 0 amide bonds. The number of carboxylic acids is 1. The van der Waals surface area contributed by atoms with Crippen LogP contribution in [0.1, 0.15) is 19.8 Å². The number of hydrogen-bond acceptors (Lipinski definition) is 3. The predicted octanol–water partition coefficient (Wildman–Crippen LogP) is 1.84. The van der Waals surface area contributed by atoms with Gasteiger partial charge in [-0.25, -0.2) is 4.79 Å². The lowest BCUT2D eigenvalue weighted by Crippen LogP contribution is -1.84. The molecule has 0 aliphatic heterocycles. The van der Waals surface area contributed by atoms with Crippen LogP contribution in [0.15, 0.2) is 22.5 Å². The molecule has 0 bridgehead atoms. The summed E-state index contributed by atoms with van der Waals surface area (Å²) in [5.74, 6) is -1.00. The zero-order valence-electron chi connectivity index (χ0n) is 6.53. The van der Waals surface area contributed by atoms with E-state index in [1.165, 1.54) is 6.20 Å². The van der Waals surface area contributed by atoms with E-state index in [1.807, 2.05) is 0 Å². The van der Waals surface area contributed by atoms with Gasteiger partial charge in [-0.2, -0.15) is 10.2 Å². The van der Waals surface area contributed by atoms with E-state index in [4.69, 9.17) is 5.11 Å². The van der Waals surface area contributed by atoms with Crippen LogP contribution in [0.25, 0.3) is 0 Å². The quantitative estimate of drug-likeness (QED) is 0.375. The van der Waals surface area contributed by atoms with Crippen molar-refractivity contribution in [1.82, 2.24) is 0 Å². The Morgan fingerprint density at radius 1 is 1.64 bits per heavy atom. The number of nitrogens with zero attached hydrogens (tertiary/aromatic N) is 2. The summed E-state index contributed by atoms with van der Waals surface area (Å²) < 4.78 is 0. The first-order valence-electron chi connectivity index (χ1n) is 3.53. The topological polar surface area (TPSA) is 62.0 Å².